The summed E-state index contributed by atoms with van der Waals surface area (Å²) in [5, 5.41) is 12.8. The Bertz CT molecular complexity index is 1060. The number of hydrogen-bond donors (Lipinski definition) is 3. The van der Waals surface area contributed by atoms with Crippen LogP contribution >= 0.6 is 11.6 Å². The molecule has 29 heavy (non-hydrogen) atoms. The van der Waals surface area contributed by atoms with Gasteiger partial charge in [-0.05, 0) is 18.2 Å². The van der Waals surface area contributed by atoms with E-state index in [4.69, 9.17) is 25.8 Å². The van der Waals surface area contributed by atoms with Crippen molar-refractivity contribution in [2.75, 3.05) is 18.5 Å². The highest BCUT2D eigenvalue weighted by Gasteiger charge is 2.48. The summed E-state index contributed by atoms with van der Waals surface area (Å²) in [6.07, 6.45) is -1.79. The SMILES string of the molecule is O=C(Nc1nc2nc(O[C@@H]3CO[C@H]4[C@@H]3OC[C@H]4O)[nH]c2cc1Cl)c1ccccc1. The molecule has 2 fully saturated rings. The summed E-state index contributed by atoms with van der Waals surface area (Å²) in [5.74, 6) is -0.116. The maximum atomic E-state index is 12.4. The molecule has 2 aliphatic heterocycles. The topological polar surface area (TPSA) is 119 Å². The largest absolute Gasteiger partial charge is 0.456 e. The van der Waals surface area contributed by atoms with E-state index in [2.05, 4.69) is 20.3 Å². The van der Waals surface area contributed by atoms with Gasteiger partial charge in [0.15, 0.2) is 17.6 Å². The molecule has 10 heteroatoms. The highest BCUT2D eigenvalue weighted by Crippen LogP contribution is 2.30. The number of aromatic amines is 1. The number of nitrogens with one attached hydrogen (secondary N) is 2. The van der Waals surface area contributed by atoms with Crippen LogP contribution in [0.15, 0.2) is 36.4 Å². The molecule has 5 rings (SSSR count). The van der Waals surface area contributed by atoms with Crippen LogP contribution in [0.5, 0.6) is 6.01 Å². The van der Waals surface area contributed by atoms with Crippen molar-refractivity contribution in [2.45, 2.75) is 24.4 Å². The molecule has 0 aliphatic carbocycles. The van der Waals surface area contributed by atoms with Crippen LogP contribution in [0.4, 0.5) is 5.82 Å². The summed E-state index contributed by atoms with van der Waals surface area (Å²) >= 11 is 6.27. The molecule has 1 aromatic carbocycles. The molecule has 150 valence electrons. The molecule has 0 unspecified atom stereocenters. The van der Waals surface area contributed by atoms with Crippen LogP contribution in [0.3, 0.4) is 0 Å². The molecule has 3 aromatic rings. The van der Waals surface area contributed by atoms with Crippen LogP contribution in [-0.2, 0) is 9.47 Å². The minimum atomic E-state index is -0.652. The third kappa shape index (κ3) is 3.42. The molecular weight excluding hydrogens is 400 g/mol. The molecule has 2 saturated heterocycles. The summed E-state index contributed by atoms with van der Waals surface area (Å²) in [4.78, 5) is 24.0. The van der Waals surface area contributed by atoms with Crippen molar-refractivity contribution in [3.63, 3.8) is 0 Å². The first-order valence-corrected chi connectivity index (χ1v) is 9.47. The van der Waals surface area contributed by atoms with E-state index in [1.807, 2.05) is 6.07 Å². The number of anilines is 1. The fourth-order valence-electron chi connectivity index (χ4n) is 3.50. The molecule has 1 amide bonds. The Morgan fingerprint density at radius 1 is 1.21 bits per heavy atom. The zero-order valence-corrected chi connectivity index (χ0v) is 15.8. The minimum Gasteiger partial charge on any atom is -0.456 e. The monoisotopic (exact) mass is 416 g/mol. The molecule has 0 spiro atoms. The van der Waals surface area contributed by atoms with Gasteiger partial charge in [-0.25, -0.2) is 4.98 Å². The highest BCUT2D eigenvalue weighted by molar-refractivity contribution is 6.34. The van der Waals surface area contributed by atoms with E-state index in [1.54, 1.807) is 30.3 Å². The normalized spacial score (nSPS) is 25.9. The first-order chi connectivity index (χ1) is 14.1. The van der Waals surface area contributed by atoms with E-state index < -0.39 is 18.3 Å². The lowest BCUT2D eigenvalue weighted by Crippen LogP contribution is -2.34. The van der Waals surface area contributed by atoms with Crippen molar-refractivity contribution in [2.24, 2.45) is 0 Å². The summed E-state index contributed by atoms with van der Waals surface area (Å²) in [5.41, 5.74) is 1.40. The molecule has 2 aliphatic rings. The Labute approximate surface area is 170 Å². The average molecular weight is 417 g/mol. The van der Waals surface area contributed by atoms with Crippen LogP contribution in [0.25, 0.3) is 11.2 Å². The second-order valence-electron chi connectivity index (χ2n) is 6.87. The minimum absolute atomic E-state index is 0.206. The number of H-pyrrole nitrogens is 1. The third-order valence-corrected chi connectivity index (χ3v) is 5.21. The molecular formula is C19H17ClN4O5. The summed E-state index contributed by atoms with van der Waals surface area (Å²) in [6.45, 7) is 0.507. The van der Waals surface area contributed by atoms with Crippen molar-refractivity contribution in [1.29, 1.82) is 0 Å². The number of nitrogens with zero attached hydrogens (tertiary/aromatic N) is 2. The van der Waals surface area contributed by atoms with Gasteiger partial charge in [0, 0.05) is 5.56 Å². The molecule has 0 saturated carbocycles. The molecule has 0 bridgehead atoms. The number of imidazole rings is 1. The smallest absolute Gasteiger partial charge is 0.296 e. The number of halogens is 1. The van der Waals surface area contributed by atoms with Crippen LogP contribution < -0.4 is 10.1 Å². The predicted molar refractivity (Wildman–Crippen MR) is 103 cm³/mol. The second kappa shape index (κ2) is 7.27. The zero-order chi connectivity index (χ0) is 20.0. The molecule has 2 aromatic heterocycles. The van der Waals surface area contributed by atoms with Crippen molar-refractivity contribution < 1.29 is 24.1 Å². The standard InChI is InChI=1S/C19H17ClN4O5/c20-10-6-11-17(22-16(10)23-18(26)9-4-2-1-3-5-9)24-19(21-11)29-13-8-28-14-12(25)7-27-15(13)14/h1-6,12-15,25H,7-8H2,(H2,21,22,23,24,26)/t12-,13-,14-,15-/m1/s1. The number of aromatic nitrogens is 3. The quantitative estimate of drug-likeness (QED) is 0.593. The third-order valence-electron chi connectivity index (χ3n) is 4.92. The van der Waals surface area contributed by atoms with E-state index in [0.717, 1.165) is 0 Å². The number of rotatable bonds is 4. The first-order valence-electron chi connectivity index (χ1n) is 9.09. The lowest BCUT2D eigenvalue weighted by atomic mass is 10.1. The van der Waals surface area contributed by atoms with Gasteiger partial charge in [0.2, 0.25) is 0 Å². The van der Waals surface area contributed by atoms with Gasteiger partial charge >= 0.3 is 0 Å². The van der Waals surface area contributed by atoms with Gasteiger partial charge in [-0.2, -0.15) is 4.98 Å². The average Bonchev–Trinajstić information content (AvgIpc) is 3.40. The van der Waals surface area contributed by atoms with Crippen molar-refractivity contribution >= 4 is 34.5 Å². The fraction of sp³-hybridized carbons (Fsp3) is 0.316. The van der Waals surface area contributed by atoms with E-state index >= 15 is 0 Å². The van der Waals surface area contributed by atoms with Gasteiger partial charge in [0.1, 0.15) is 18.3 Å². The van der Waals surface area contributed by atoms with E-state index in [-0.39, 0.29) is 42.1 Å². The number of carbonyl (C=O) groups is 1. The maximum Gasteiger partial charge on any atom is 0.296 e. The molecule has 3 N–H and O–H groups in total. The summed E-state index contributed by atoms with van der Waals surface area (Å²) in [7, 11) is 0. The Hall–Kier alpha value is -2.72. The molecule has 4 atom stereocenters. The Balaban J connectivity index is 1.35. The predicted octanol–water partition coefficient (Wildman–Crippen LogP) is 1.77. The lowest BCUT2D eigenvalue weighted by Gasteiger charge is -2.15. The van der Waals surface area contributed by atoms with Crippen molar-refractivity contribution in [3.8, 4) is 6.01 Å². The maximum absolute atomic E-state index is 12.4. The van der Waals surface area contributed by atoms with Crippen LogP contribution in [-0.4, -0.2) is 63.6 Å². The number of benzene rings is 1. The van der Waals surface area contributed by atoms with Gasteiger partial charge in [-0.15, -0.1) is 0 Å². The zero-order valence-electron chi connectivity index (χ0n) is 15.0. The molecule has 9 nitrogen and oxygen atoms in total. The van der Waals surface area contributed by atoms with E-state index in [0.29, 0.717) is 16.7 Å². The molecule has 4 heterocycles. The van der Waals surface area contributed by atoms with Crippen LogP contribution in [0.1, 0.15) is 10.4 Å². The van der Waals surface area contributed by atoms with Crippen molar-refractivity contribution in [3.05, 3.63) is 47.0 Å². The molecule has 0 radical (unpaired) electrons. The fourth-order valence-corrected chi connectivity index (χ4v) is 3.70. The van der Waals surface area contributed by atoms with Gasteiger partial charge < -0.3 is 29.6 Å². The van der Waals surface area contributed by atoms with Gasteiger partial charge in [-0.1, -0.05) is 29.8 Å². The van der Waals surface area contributed by atoms with Crippen LogP contribution in [0.2, 0.25) is 5.02 Å². The Morgan fingerprint density at radius 3 is 2.83 bits per heavy atom. The number of hydrogen-bond acceptors (Lipinski definition) is 7. The Kier molecular flexibility index (Phi) is 4.59. The second-order valence-corrected chi connectivity index (χ2v) is 7.28. The Morgan fingerprint density at radius 2 is 2.00 bits per heavy atom. The lowest BCUT2D eigenvalue weighted by molar-refractivity contribution is 0.00706. The first kappa shape index (κ1) is 18.3. The number of pyridine rings is 1. The van der Waals surface area contributed by atoms with E-state index in [9.17, 15) is 9.90 Å². The highest BCUT2D eigenvalue weighted by atomic mass is 35.5. The van der Waals surface area contributed by atoms with Gasteiger partial charge in [0.25, 0.3) is 11.9 Å². The van der Waals surface area contributed by atoms with Gasteiger partial charge in [-0.3, -0.25) is 4.79 Å². The van der Waals surface area contributed by atoms with Crippen molar-refractivity contribution in [1.82, 2.24) is 15.0 Å². The number of amides is 1. The van der Waals surface area contributed by atoms with E-state index in [1.165, 1.54) is 0 Å². The number of carbonyl (C=O) groups excluding carboxylic acids is 1. The van der Waals surface area contributed by atoms with Gasteiger partial charge in [0.05, 0.1) is 23.8 Å². The summed E-state index contributed by atoms with van der Waals surface area (Å²) < 4.78 is 16.9. The summed E-state index contributed by atoms with van der Waals surface area (Å²) in [6, 6.07) is 10.6. The van der Waals surface area contributed by atoms with Crippen LogP contribution in [0, 0.1) is 0 Å². The number of aliphatic hydroxyl groups excluding tert-OH is 1. The number of ether oxygens (including phenoxy) is 3. The number of fused-ring (bicyclic) bond motifs is 2. The number of aliphatic hydroxyl groups is 1.